The molecule has 5 nitrogen and oxygen atoms in total. The summed E-state index contributed by atoms with van der Waals surface area (Å²) in [5.41, 5.74) is 3.67. The minimum absolute atomic E-state index is 0.121. The number of imidazole rings is 1. The maximum atomic E-state index is 14.2. The van der Waals surface area contributed by atoms with Gasteiger partial charge < -0.3 is 15.0 Å². The average molecular weight is 379 g/mol. The maximum Gasteiger partial charge on any atom is 0.191 e. The van der Waals surface area contributed by atoms with Crippen LogP contribution in [0.4, 0.5) is 4.39 Å². The number of aryl methyl sites for hydroxylation is 1. The molecule has 2 aromatic heterocycles. The molecule has 2 N–H and O–H groups in total. The number of aliphatic imine (C=N–C) groups is 1. The minimum Gasteiger partial charge on any atom is -0.357 e. The standard InChI is InChI=1S/C22H26FN5/c1-3-24-21(25-13-17-14-28-16(2)7-6-10-20(28)27-17)26-15-22(11-12-22)18-8-4-5-9-19(18)23/h4-10,14H,3,11-13,15H2,1-2H3,(H2,24,25,26). The Hall–Kier alpha value is -2.89. The number of hydrogen-bond donors (Lipinski definition) is 2. The molecular formula is C22H26FN5. The van der Waals surface area contributed by atoms with E-state index in [0.29, 0.717) is 13.1 Å². The fraction of sp³-hybridized carbons (Fsp3) is 0.364. The molecule has 1 saturated carbocycles. The average Bonchev–Trinajstić information content (AvgIpc) is 3.35. The molecule has 0 radical (unpaired) electrons. The molecule has 0 saturated heterocycles. The summed E-state index contributed by atoms with van der Waals surface area (Å²) in [6.07, 6.45) is 4.01. The van der Waals surface area contributed by atoms with Crippen LogP contribution in [0.3, 0.4) is 0 Å². The van der Waals surface area contributed by atoms with Gasteiger partial charge in [-0.3, -0.25) is 0 Å². The van der Waals surface area contributed by atoms with Gasteiger partial charge in [0.05, 0.1) is 12.2 Å². The van der Waals surface area contributed by atoms with Crippen molar-refractivity contribution in [3.05, 3.63) is 71.4 Å². The van der Waals surface area contributed by atoms with Crippen molar-refractivity contribution in [2.75, 3.05) is 13.1 Å². The molecule has 2 heterocycles. The van der Waals surface area contributed by atoms with E-state index in [1.165, 1.54) is 0 Å². The molecule has 4 rings (SSSR count). The third-order valence-electron chi connectivity index (χ3n) is 5.38. The Balaban J connectivity index is 1.46. The van der Waals surface area contributed by atoms with Crippen molar-refractivity contribution in [2.24, 2.45) is 4.99 Å². The van der Waals surface area contributed by atoms with Crippen LogP contribution >= 0.6 is 0 Å². The molecule has 0 amide bonds. The van der Waals surface area contributed by atoms with Crippen molar-refractivity contribution >= 4 is 11.6 Å². The summed E-state index contributed by atoms with van der Waals surface area (Å²) in [4.78, 5) is 9.32. The highest BCUT2D eigenvalue weighted by molar-refractivity contribution is 5.80. The normalized spacial score (nSPS) is 15.6. The smallest absolute Gasteiger partial charge is 0.191 e. The zero-order valence-electron chi connectivity index (χ0n) is 16.4. The van der Waals surface area contributed by atoms with Crippen LogP contribution in [-0.4, -0.2) is 28.4 Å². The van der Waals surface area contributed by atoms with Gasteiger partial charge in [0.2, 0.25) is 0 Å². The molecule has 0 unspecified atom stereocenters. The molecule has 28 heavy (non-hydrogen) atoms. The van der Waals surface area contributed by atoms with Gasteiger partial charge in [0.15, 0.2) is 5.96 Å². The van der Waals surface area contributed by atoms with Crippen molar-refractivity contribution in [3.63, 3.8) is 0 Å². The van der Waals surface area contributed by atoms with Crippen molar-refractivity contribution in [3.8, 4) is 0 Å². The number of hydrogen-bond acceptors (Lipinski definition) is 2. The highest BCUT2D eigenvalue weighted by atomic mass is 19.1. The van der Waals surface area contributed by atoms with Crippen molar-refractivity contribution < 1.29 is 4.39 Å². The second-order valence-corrected chi connectivity index (χ2v) is 7.44. The molecule has 1 aromatic carbocycles. The molecule has 0 spiro atoms. The van der Waals surface area contributed by atoms with Crippen molar-refractivity contribution in [1.29, 1.82) is 0 Å². The molecular weight excluding hydrogens is 353 g/mol. The number of nitrogens with zero attached hydrogens (tertiary/aromatic N) is 3. The number of aromatic nitrogens is 2. The highest BCUT2D eigenvalue weighted by Crippen LogP contribution is 2.48. The largest absolute Gasteiger partial charge is 0.357 e. The van der Waals surface area contributed by atoms with Crippen LogP contribution in [0.25, 0.3) is 5.65 Å². The van der Waals surface area contributed by atoms with Gasteiger partial charge in [0.25, 0.3) is 0 Å². The van der Waals surface area contributed by atoms with Crippen LogP contribution in [0.5, 0.6) is 0 Å². The SMILES string of the molecule is CCNC(=NCc1cn2c(C)cccc2n1)NCC1(c2ccccc2F)CC1. The Morgan fingerprint density at radius 2 is 2.00 bits per heavy atom. The Bertz CT molecular complexity index is 1000. The summed E-state index contributed by atoms with van der Waals surface area (Å²) in [5, 5.41) is 6.68. The van der Waals surface area contributed by atoms with E-state index in [4.69, 9.17) is 0 Å². The summed E-state index contributed by atoms with van der Waals surface area (Å²) in [6.45, 7) is 6.02. The molecule has 1 fully saturated rings. The molecule has 0 bridgehead atoms. The fourth-order valence-electron chi connectivity index (χ4n) is 3.61. The van der Waals surface area contributed by atoms with Gasteiger partial charge in [-0.1, -0.05) is 24.3 Å². The number of fused-ring (bicyclic) bond motifs is 1. The quantitative estimate of drug-likeness (QED) is 0.509. The van der Waals surface area contributed by atoms with Crippen molar-refractivity contribution in [2.45, 2.75) is 38.6 Å². The number of pyridine rings is 1. The summed E-state index contributed by atoms with van der Waals surface area (Å²) in [6, 6.07) is 13.1. The van der Waals surface area contributed by atoms with Gasteiger partial charge in [0, 0.05) is 30.4 Å². The Morgan fingerprint density at radius 1 is 1.18 bits per heavy atom. The third kappa shape index (κ3) is 3.72. The van der Waals surface area contributed by atoms with Crippen LogP contribution < -0.4 is 10.6 Å². The van der Waals surface area contributed by atoms with Crippen molar-refractivity contribution in [1.82, 2.24) is 20.0 Å². The highest BCUT2D eigenvalue weighted by Gasteiger charge is 2.45. The second kappa shape index (κ2) is 7.62. The predicted molar refractivity (Wildman–Crippen MR) is 110 cm³/mol. The lowest BCUT2D eigenvalue weighted by Crippen LogP contribution is -2.41. The summed E-state index contributed by atoms with van der Waals surface area (Å²) >= 11 is 0. The van der Waals surface area contributed by atoms with E-state index in [0.717, 1.165) is 47.9 Å². The van der Waals surface area contributed by atoms with Crippen LogP contribution in [0.15, 0.2) is 53.7 Å². The first kappa shape index (κ1) is 18.5. The van der Waals surface area contributed by atoms with E-state index in [9.17, 15) is 4.39 Å². The van der Waals surface area contributed by atoms with E-state index in [-0.39, 0.29) is 11.2 Å². The van der Waals surface area contributed by atoms with Crippen LogP contribution in [0.2, 0.25) is 0 Å². The lowest BCUT2D eigenvalue weighted by atomic mass is 9.95. The van der Waals surface area contributed by atoms with E-state index in [2.05, 4.69) is 38.0 Å². The minimum atomic E-state index is -0.123. The zero-order valence-corrected chi connectivity index (χ0v) is 16.4. The lowest BCUT2D eigenvalue weighted by Gasteiger charge is -2.19. The number of nitrogens with one attached hydrogen (secondary N) is 2. The first-order valence-corrected chi connectivity index (χ1v) is 9.82. The van der Waals surface area contributed by atoms with Crippen LogP contribution in [0.1, 0.15) is 36.7 Å². The van der Waals surface area contributed by atoms with E-state index in [1.807, 2.05) is 37.4 Å². The first-order valence-electron chi connectivity index (χ1n) is 9.82. The van der Waals surface area contributed by atoms with Gasteiger partial charge in [0.1, 0.15) is 11.5 Å². The Labute approximate surface area is 164 Å². The van der Waals surface area contributed by atoms with Gasteiger partial charge in [-0.2, -0.15) is 0 Å². The molecule has 146 valence electrons. The Kier molecular flexibility index (Phi) is 5.03. The summed E-state index contributed by atoms with van der Waals surface area (Å²) in [5.74, 6) is 0.614. The molecule has 0 atom stereocenters. The first-order chi connectivity index (χ1) is 13.6. The molecule has 3 aromatic rings. The molecule has 1 aliphatic rings. The summed E-state index contributed by atoms with van der Waals surface area (Å²) in [7, 11) is 0. The van der Waals surface area contributed by atoms with Gasteiger partial charge in [-0.25, -0.2) is 14.4 Å². The number of guanidine groups is 1. The van der Waals surface area contributed by atoms with E-state index < -0.39 is 0 Å². The van der Waals surface area contributed by atoms with E-state index in [1.54, 1.807) is 12.1 Å². The topological polar surface area (TPSA) is 53.7 Å². The second-order valence-electron chi connectivity index (χ2n) is 7.44. The molecule has 6 heteroatoms. The Morgan fingerprint density at radius 3 is 2.71 bits per heavy atom. The van der Waals surface area contributed by atoms with Gasteiger partial charge in [-0.15, -0.1) is 0 Å². The third-order valence-corrected chi connectivity index (χ3v) is 5.38. The van der Waals surface area contributed by atoms with Crippen LogP contribution in [-0.2, 0) is 12.0 Å². The fourth-order valence-corrected chi connectivity index (χ4v) is 3.61. The monoisotopic (exact) mass is 379 g/mol. The summed E-state index contributed by atoms with van der Waals surface area (Å²) < 4.78 is 16.3. The zero-order chi connectivity index (χ0) is 19.6. The number of rotatable bonds is 6. The molecule has 0 aliphatic heterocycles. The van der Waals surface area contributed by atoms with E-state index >= 15 is 0 Å². The van der Waals surface area contributed by atoms with Gasteiger partial charge >= 0.3 is 0 Å². The lowest BCUT2D eigenvalue weighted by molar-refractivity contribution is 0.559. The number of benzene rings is 1. The molecule has 1 aliphatic carbocycles. The van der Waals surface area contributed by atoms with Gasteiger partial charge in [-0.05, 0) is 50.5 Å². The van der Waals surface area contributed by atoms with Crippen LogP contribution in [0, 0.1) is 12.7 Å². The number of halogens is 1. The maximum absolute atomic E-state index is 14.2. The predicted octanol–water partition coefficient (Wildman–Crippen LogP) is 3.57.